The van der Waals surface area contributed by atoms with E-state index in [0.717, 1.165) is 52.3 Å². The predicted molar refractivity (Wildman–Crippen MR) is 159 cm³/mol. The number of fused-ring (bicyclic) bond motifs is 1. The highest BCUT2D eigenvalue weighted by Gasteiger charge is 2.41. The van der Waals surface area contributed by atoms with E-state index < -0.39 is 0 Å². The zero-order valence-electron chi connectivity index (χ0n) is 21.8. The van der Waals surface area contributed by atoms with Crippen LogP contribution in [0.2, 0.25) is 5.02 Å². The van der Waals surface area contributed by atoms with Gasteiger partial charge >= 0.3 is 0 Å². The number of thiocarbonyl (C=S) groups is 1. The summed E-state index contributed by atoms with van der Waals surface area (Å²) in [4.78, 5) is 9.26. The Bertz CT molecular complexity index is 1310. The first-order valence-electron chi connectivity index (χ1n) is 12.8. The molecule has 0 bridgehead atoms. The van der Waals surface area contributed by atoms with E-state index in [2.05, 4.69) is 89.6 Å². The normalized spacial score (nSPS) is 20.4. The molecule has 1 aromatic heterocycles. The van der Waals surface area contributed by atoms with Crippen LogP contribution in [-0.2, 0) is 0 Å². The number of hydrogen-bond acceptors (Lipinski definition) is 4. The Kier molecular flexibility index (Phi) is 7.15. The quantitative estimate of drug-likeness (QED) is 0.257. The van der Waals surface area contributed by atoms with Crippen LogP contribution in [0.5, 0.6) is 0 Å². The van der Waals surface area contributed by atoms with Crippen LogP contribution in [0.25, 0.3) is 5.57 Å². The maximum absolute atomic E-state index is 7.08. The topological polar surface area (TPSA) is 43.4 Å². The van der Waals surface area contributed by atoms with Gasteiger partial charge in [0.15, 0.2) is 5.11 Å². The molecule has 2 aliphatic heterocycles. The zero-order valence-corrected chi connectivity index (χ0v) is 23.4. The van der Waals surface area contributed by atoms with Gasteiger partial charge in [0.1, 0.15) is 0 Å². The van der Waals surface area contributed by atoms with E-state index in [0.29, 0.717) is 0 Å². The molecule has 5 nitrogen and oxygen atoms in total. The number of benzene rings is 2. The molecule has 2 aliphatic rings. The molecular formula is C30H34ClN5S. The van der Waals surface area contributed by atoms with Crippen LogP contribution in [0.4, 0.5) is 11.4 Å². The smallest absolute Gasteiger partial charge is 0.170 e. The van der Waals surface area contributed by atoms with Gasteiger partial charge in [-0.3, -0.25) is 4.98 Å². The molecule has 2 aromatic carbocycles. The second-order valence-corrected chi connectivity index (χ2v) is 11.2. The molecule has 3 heterocycles. The molecular weight excluding hydrogens is 498 g/mol. The monoisotopic (exact) mass is 531 g/mol. The Hall–Kier alpha value is -3.09. The fourth-order valence-electron chi connectivity index (χ4n) is 5.44. The molecule has 1 fully saturated rings. The standard InChI is InChI=1S/C30H34ClN5S/c1-20-19-30(2,3)35(4)26-18-24(31)23(17-22(20)26)28-27(25-13-8-9-14-33-25)34-29(37)36(28)16-10-15-32-21-11-6-5-7-12-21/h5-9,11-14,17-19,27-28,32H,10,15-16H2,1-4H3,(H,34,37). The SMILES string of the molecule is CC1=CC(C)(C)N(C)c2cc(Cl)c(C3C(c4ccccn4)NC(=S)N3CCCNc3ccccc3)cc21. The molecule has 2 N–H and O–H groups in total. The van der Waals surface area contributed by atoms with Crippen LogP contribution in [0.15, 0.2) is 72.9 Å². The van der Waals surface area contributed by atoms with Crippen molar-refractivity contribution in [1.29, 1.82) is 0 Å². The third-order valence-electron chi connectivity index (χ3n) is 7.53. The van der Waals surface area contributed by atoms with Gasteiger partial charge in [0.2, 0.25) is 0 Å². The van der Waals surface area contributed by atoms with Crippen molar-refractivity contribution in [2.24, 2.45) is 0 Å². The van der Waals surface area contributed by atoms with Gasteiger partial charge in [-0.2, -0.15) is 0 Å². The summed E-state index contributed by atoms with van der Waals surface area (Å²) in [5, 5.41) is 8.56. The van der Waals surface area contributed by atoms with Crippen LogP contribution >= 0.6 is 23.8 Å². The van der Waals surface area contributed by atoms with E-state index in [9.17, 15) is 0 Å². The molecule has 0 spiro atoms. The van der Waals surface area contributed by atoms with Gasteiger partial charge in [-0.15, -0.1) is 0 Å². The van der Waals surface area contributed by atoms with Crippen molar-refractivity contribution in [3.05, 3.63) is 94.8 Å². The van der Waals surface area contributed by atoms with Gasteiger partial charge in [-0.1, -0.05) is 41.9 Å². The van der Waals surface area contributed by atoms with Crippen molar-refractivity contribution >= 4 is 45.9 Å². The van der Waals surface area contributed by atoms with Crippen molar-refractivity contribution in [3.8, 4) is 0 Å². The fraction of sp³-hybridized carbons (Fsp3) is 0.333. The number of anilines is 2. The first kappa shape index (κ1) is 25.6. The molecule has 0 amide bonds. The highest BCUT2D eigenvalue weighted by atomic mass is 35.5. The van der Waals surface area contributed by atoms with Gasteiger partial charge < -0.3 is 20.4 Å². The number of aromatic nitrogens is 1. The number of para-hydroxylation sites is 1. The number of halogens is 1. The van der Waals surface area contributed by atoms with E-state index >= 15 is 0 Å². The van der Waals surface area contributed by atoms with Gasteiger partial charge in [-0.25, -0.2) is 0 Å². The lowest BCUT2D eigenvalue weighted by molar-refractivity contribution is 0.316. The number of allylic oxidation sites excluding steroid dienone is 1. The molecule has 0 aliphatic carbocycles. The van der Waals surface area contributed by atoms with E-state index in [4.69, 9.17) is 23.8 Å². The summed E-state index contributed by atoms with van der Waals surface area (Å²) >= 11 is 13.0. The summed E-state index contributed by atoms with van der Waals surface area (Å²) in [6, 6.07) is 20.5. The largest absolute Gasteiger partial charge is 0.385 e. The molecule has 37 heavy (non-hydrogen) atoms. The number of rotatable bonds is 7. The number of hydrogen-bond donors (Lipinski definition) is 2. The van der Waals surface area contributed by atoms with E-state index in [1.54, 1.807) is 0 Å². The molecule has 2 atom stereocenters. The Morgan fingerprint density at radius 2 is 1.86 bits per heavy atom. The summed E-state index contributed by atoms with van der Waals surface area (Å²) < 4.78 is 0. The lowest BCUT2D eigenvalue weighted by Gasteiger charge is -2.41. The Labute approximate surface area is 230 Å². The van der Waals surface area contributed by atoms with Crippen molar-refractivity contribution in [2.75, 3.05) is 30.4 Å². The highest BCUT2D eigenvalue weighted by Crippen LogP contribution is 2.46. The van der Waals surface area contributed by atoms with Crippen LogP contribution in [0.3, 0.4) is 0 Å². The first-order chi connectivity index (χ1) is 17.8. The average molecular weight is 532 g/mol. The predicted octanol–water partition coefficient (Wildman–Crippen LogP) is 6.84. The number of likely N-dealkylation sites (N-methyl/N-ethyl adjacent to an activating group) is 1. The Balaban J connectivity index is 1.48. The van der Waals surface area contributed by atoms with Crippen LogP contribution in [-0.4, -0.2) is 40.7 Å². The van der Waals surface area contributed by atoms with Gasteiger partial charge in [0.25, 0.3) is 0 Å². The van der Waals surface area contributed by atoms with Gasteiger partial charge in [-0.05, 0) is 86.9 Å². The van der Waals surface area contributed by atoms with E-state index in [1.807, 2.05) is 36.5 Å². The lowest BCUT2D eigenvalue weighted by atomic mass is 9.86. The summed E-state index contributed by atoms with van der Waals surface area (Å²) in [7, 11) is 2.13. The summed E-state index contributed by atoms with van der Waals surface area (Å²) in [5.41, 5.74) is 6.70. The van der Waals surface area contributed by atoms with Crippen LogP contribution in [0, 0.1) is 0 Å². The maximum atomic E-state index is 7.08. The molecule has 3 aromatic rings. The third-order valence-corrected chi connectivity index (χ3v) is 8.21. The maximum Gasteiger partial charge on any atom is 0.170 e. The van der Waals surface area contributed by atoms with Gasteiger partial charge in [0, 0.05) is 48.3 Å². The Morgan fingerprint density at radius 3 is 2.59 bits per heavy atom. The minimum absolute atomic E-state index is 0.0648. The second kappa shape index (κ2) is 10.3. The van der Waals surface area contributed by atoms with Crippen LogP contribution < -0.4 is 15.5 Å². The minimum atomic E-state index is -0.0895. The van der Waals surface area contributed by atoms with Crippen molar-refractivity contribution < 1.29 is 0 Å². The summed E-state index contributed by atoms with van der Waals surface area (Å²) in [6.07, 6.45) is 5.09. The number of pyridine rings is 1. The molecule has 2 unspecified atom stereocenters. The molecule has 0 radical (unpaired) electrons. The molecule has 0 saturated carbocycles. The molecule has 192 valence electrons. The van der Waals surface area contributed by atoms with Crippen molar-refractivity contribution in [3.63, 3.8) is 0 Å². The second-order valence-electron chi connectivity index (χ2n) is 10.4. The summed E-state index contributed by atoms with van der Waals surface area (Å²) in [5.74, 6) is 0. The molecule has 5 rings (SSSR count). The summed E-state index contributed by atoms with van der Waals surface area (Å²) in [6.45, 7) is 8.29. The molecule has 1 saturated heterocycles. The first-order valence-corrected chi connectivity index (χ1v) is 13.6. The van der Waals surface area contributed by atoms with Crippen molar-refractivity contribution in [2.45, 2.75) is 44.8 Å². The number of nitrogens with one attached hydrogen (secondary N) is 2. The average Bonchev–Trinajstić information content (AvgIpc) is 3.21. The zero-order chi connectivity index (χ0) is 26.2. The van der Waals surface area contributed by atoms with E-state index in [-0.39, 0.29) is 17.6 Å². The Morgan fingerprint density at radius 1 is 1.11 bits per heavy atom. The van der Waals surface area contributed by atoms with E-state index in [1.165, 1.54) is 11.1 Å². The van der Waals surface area contributed by atoms with Crippen molar-refractivity contribution in [1.82, 2.24) is 15.2 Å². The fourth-order valence-corrected chi connectivity index (χ4v) is 6.04. The lowest BCUT2D eigenvalue weighted by Crippen LogP contribution is -2.42. The third kappa shape index (κ3) is 5.05. The van der Waals surface area contributed by atoms with Gasteiger partial charge in [0.05, 0.1) is 23.3 Å². The molecule has 7 heteroatoms. The highest BCUT2D eigenvalue weighted by molar-refractivity contribution is 7.80. The minimum Gasteiger partial charge on any atom is -0.385 e. The van der Waals surface area contributed by atoms with Crippen LogP contribution in [0.1, 0.15) is 56.1 Å². The number of nitrogens with zero attached hydrogens (tertiary/aromatic N) is 3.